The molecule has 2 unspecified atom stereocenters. The monoisotopic (exact) mass is 273 g/mol. The van der Waals surface area contributed by atoms with Crippen molar-refractivity contribution in [3.05, 3.63) is 47.4 Å². The zero-order valence-electron chi connectivity index (χ0n) is 12.0. The Balaban J connectivity index is 1.87. The summed E-state index contributed by atoms with van der Waals surface area (Å²) < 4.78 is 17.5. The van der Waals surface area contributed by atoms with Crippen molar-refractivity contribution in [1.29, 1.82) is 0 Å². The average Bonchev–Trinajstić information content (AvgIpc) is 2.78. The number of para-hydroxylation sites is 2. The molecule has 1 aromatic heterocycles. The van der Waals surface area contributed by atoms with Crippen LogP contribution in [-0.2, 0) is 0 Å². The number of fused-ring (bicyclic) bond motifs is 1. The predicted molar refractivity (Wildman–Crippen MR) is 76.3 cm³/mol. The van der Waals surface area contributed by atoms with E-state index in [1.807, 2.05) is 45.2 Å². The van der Waals surface area contributed by atoms with Gasteiger partial charge >= 0.3 is 0 Å². The van der Waals surface area contributed by atoms with Crippen molar-refractivity contribution in [3.63, 3.8) is 0 Å². The van der Waals surface area contributed by atoms with Crippen LogP contribution in [0.5, 0.6) is 11.5 Å². The first-order chi connectivity index (χ1) is 9.69. The van der Waals surface area contributed by atoms with E-state index in [9.17, 15) is 0 Å². The molecule has 0 bridgehead atoms. The summed E-state index contributed by atoms with van der Waals surface area (Å²) in [5, 5.41) is 3.31. The lowest BCUT2D eigenvalue weighted by atomic mass is 10.0. The Kier molecular flexibility index (Phi) is 3.40. The highest BCUT2D eigenvalue weighted by atomic mass is 16.6. The fraction of sp³-hybridized carbons (Fsp3) is 0.375. The third-order valence-corrected chi connectivity index (χ3v) is 3.63. The van der Waals surface area contributed by atoms with E-state index in [0.29, 0.717) is 6.61 Å². The zero-order valence-corrected chi connectivity index (χ0v) is 12.0. The third-order valence-electron chi connectivity index (χ3n) is 3.63. The van der Waals surface area contributed by atoms with Gasteiger partial charge < -0.3 is 19.2 Å². The molecule has 0 saturated heterocycles. The molecule has 1 N–H and O–H groups in total. The summed E-state index contributed by atoms with van der Waals surface area (Å²) in [7, 11) is 1.93. The van der Waals surface area contributed by atoms with Gasteiger partial charge in [-0.3, -0.25) is 0 Å². The highest BCUT2D eigenvalue weighted by Crippen LogP contribution is 2.35. The molecule has 0 aliphatic carbocycles. The van der Waals surface area contributed by atoms with Crippen molar-refractivity contribution >= 4 is 0 Å². The van der Waals surface area contributed by atoms with Crippen LogP contribution in [0.25, 0.3) is 0 Å². The van der Waals surface area contributed by atoms with E-state index in [0.717, 1.165) is 28.6 Å². The van der Waals surface area contributed by atoms with Gasteiger partial charge in [0.05, 0.1) is 6.04 Å². The van der Waals surface area contributed by atoms with E-state index in [1.165, 1.54) is 0 Å². The number of hydrogen-bond acceptors (Lipinski definition) is 4. The zero-order chi connectivity index (χ0) is 14.1. The minimum absolute atomic E-state index is 0.0424. The van der Waals surface area contributed by atoms with E-state index in [1.54, 1.807) is 0 Å². The maximum absolute atomic E-state index is 6.07. The third kappa shape index (κ3) is 2.27. The summed E-state index contributed by atoms with van der Waals surface area (Å²) in [6.45, 7) is 4.45. The number of rotatable bonds is 3. The summed E-state index contributed by atoms with van der Waals surface area (Å²) in [5.74, 6) is 3.43. The van der Waals surface area contributed by atoms with Crippen LogP contribution in [-0.4, -0.2) is 19.8 Å². The Morgan fingerprint density at radius 2 is 1.95 bits per heavy atom. The highest BCUT2D eigenvalue weighted by Gasteiger charge is 2.31. The molecule has 0 fully saturated rings. The molecule has 2 heterocycles. The molecule has 3 rings (SSSR count). The number of ether oxygens (including phenoxy) is 2. The second-order valence-electron chi connectivity index (χ2n) is 5.05. The van der Waals surface area contributed by atoms with E-state index in [4.69, 9.17) is 13.9 Å². The molecule has 1 aliphatic heterocycles. The molecule has 0 radical (unpaired) electrons. The van der Waals surface area contributed by atoms with Crippen molar-refractivity contribution in [2.24, 2.45) is 0 Å². The molecule has 0 saturated carbocycles. The topological polar surface area (TPSA) is 43.6 Å². The fourth-order valence-electron chi connectivity index (χ4n) is 2.70. The normalized spacial score (nSPS) is 18.9. The second kappa shape index (κ2) is 5.21. The SMILES string of the molecule is CNC(c1cc(C)oc1C)C1COc2ccccc2O1. The maximum Gasteiger partial charge on any atom is 0.161 e. The van der Waals surface area contributed by atoms with Gasteiger partial charge in [0.1, 0.15) is 18.1 Å². The Labute approximate surface area is 118 Å². The molecule has 4 heteroatoms. The molecule has 2 atom stereocenters. The quantitative estimate of drug-likeness (QED) is 0.933. The number of likely N-dealkylation sites (N-methyl/N-ethyl adjacent to an activating group) is 1. The summed E-state index contributed by atoms with van der Waals surface area (Å²) in [5.41, 5.74) is 1.12. The Morgan fingerprint density at radius 1 is 1.20 bits per heavy atom. The van der Waals surface area contributed by atoms with Crippen molar-refractivity contribution in [2.75, 3.05) is 13.7 Å². The molecule has 20 heavy (non-hydrogen) atoms. The fourth-order valence-corrected chi connectivity index (χ4v) is 2.70. The largest absolute Gasteiger partial charge is 0.486 e. The Hall–Kier alpha value is -1.94. The van der Waals surface area contributed by atoms with Gasteiger partial charge in [-0.15, -0.1) is 0 Å². The van der Waals surface area contributed by atoms with Gasteiger partial charge in [-0.05, 0) is 39.1 Å². The Morgan fingerprint density at radius 3 is 2.60 bits per heavy atom. The first kappa shape index (κ1) is 13.1. The van der Waals surface area contributed by atoms with Gasteiger partial charge in [-0.1, -0.05) is 12.1 Å². The van der Waals surface area contributed by atoms with E-state index < -0.39 is 0 Å². The highest BCUT2D eigenvalue weighted by molar-refractivity contribution is 5.41. The molecule has 1 aromatic carbocycles. The molecular weight excluding hydrogens is 254 g/mol. The lowest BCUT2D eigenvalue weighted by Gasteiger charge is -2.32. The first-order valence-corrected chi connectivity index (χ1v) is 6.81. The number of aryl methyl sites for hydroxylation is 2. The summed E-state index contributed by atoms with van der Waals surface area (Å²) in [6.07, 6.45) is -0.0781. The van der Waals surface area contributed by atoms with Crippen molar-refractivity contribution < 1.29 is 13.9 Å². The average molecular weight is 273 g/mol. The van der Waals surface area contributed by atoms with Crippen LogP contribution in [0.1, 0.15) is 23.1 Å². The summed E-state index contributed by atoms with van der Waals surface area (Å²) in [4.78, 5) is 0. The van der Waals surface area contributed by atoms with Crippen molar-refractivity contribution in [2.45, 2.75) is 26.0 Å². The minimum Gasteiger partial charge on any atom is -0.486 e. The summed E-state index contributed by atoms with van der Waals surface area (Å²) >= 11 is 0. The van der Waals surface area contributed by atoms with Crippen molar-refractivity contribution in [1.82, 2.24) is 5.32 Å². The number of hydrogen-bond donors (Lipinski definition) is 1. The molecule has 0 spiro atoms. The van der Waals surface area contributed by atoms with Crippen LogP contribution in [0.3, 0.4) is 0 Å². The minimum atomic E-state index is -0.0781. The number of furan rings is 1. The Bertz CT molecular complexity index is 606. The van der Waals surface area contributed by atoms with Crippen LogP contribution in [0, 0.1) is 13.8 Å². The molecule has 1 aliphatic rings. The lowest BCUT2D eigenvalue weighted by Crippen LogP contribution is -2.40. The van der Waals surface area contributed by atoms with Crippen molar-refractivity contribution in [3.8, 4) is 11.5 Å². The van der Waals surface area contributed by atoms with Crippen LogP contribution in [0.2, 0.25) is 0 Å². The molecule has 0 amide bonds. The van der Waals surface area contributed by atoms with E-state index in [2.05, 4.69) is 11.4 Å². The second-order valence-corrected chi connectivity index (χ2v) is 5.05. The van der Waals surface area contributed by atoms with Gasteiger partial charge in [0.15, 0.2) is 17.6 Å². The maximum atomic E-state index is 6.07. The van der Waals surface area contributed by atoms with Gasteiger partial charge in [0, 0.05) is 5.56 Å². The van der Waals surface area contributed by atoms with Crippen LogP contribution in [0.4, 0.5) is 0 Å². The van der Waals surface area contributed by atoms with Gasteiger partial charge in [0.2, 0.25) is 0 Å². The van der Waals surface area contributed by atoms with E-state index in [-0.39, 0.29) is 12.1 Å². The molecule has 4 nitrogen and oxygen atoms in total. The van der Waals surface area contributed by atoms with Gasteiger partial charge in [-0.2, -0.15) is 0 Å². The molecular formula is C16H19NO3. The smallest absolute Gasteiger partial charge is 0.161 e. The summed E-state index contributed by atoms with van der Waals surface area (Å²) in [6, 6.07) is 9.85. The van der Waals surface area contributed by atoms with Crippen LogP contribution >= 0.6 is 0 Å². The van der Waals surface area contributed by atoms with Gasteiger partial charge in [0.25, 0.3) is 0 Å². The van der Waals surface area contributed by atoms with Crippen LogP contribution in [0.15, 0.2) is 34.7 Å². The standard InChI is InChI=1S/C16H19NO3/c1-10-8-12(11(2)19-10)16(17-3)15-9-18-13-6-4-5-7-14(13)20-15/h4-8,15-17H,9H2,1-3H3. The number of nitrogens with one attached hydrogen (secondary N) is 1. The molecule has 106 valence electrons. The lowest BCUT2D eigenvalue weighted by molar-refractivity contribution is 0.0634. The van der Waals surface area contributed by atoms with Crippen LogP contribution < -0.4 is 14.8 Å². The number of benzene rings is 1. The molecule has 2 aromatic rings. The predicted octanol–water partition coefficient (Wildman–Crippen LogP) is 3.00. The van der Waals surface area contributed by atoms with Gasteiger partial charge in [-0.25, -0.2) is 0 Å². The first-order valence-electron chi connectivity index (χ1n) is 6.81. The van der Waals surface area contributed by atoms with E-state index >= 15 is 0 Å².